The van der Waals surface area contributed by atoms with E-state index >= 15 is 0 Å². The summed E-state index contributed by atoms with van der Waals surface area (Å²) in [5.41, 5.74) is 2.74. The average molecular weight is 398 g/mol. The van der Waals surface area contributed by atoms with Gasteiger partial charge in [0.05, 0.1) is 19.8 Å². The van der Waals surface area contributed by atoms with Crippen molar-refractivity contribution in [2.45, 2.75) is 20.5 Å². The molecule has 0 fully saturated rings. The van der Waals surface area contributed by atoms with Crippen LogP contribution in [0.25, 0.3) is 11.4 Å². The van der Waals surface area contributed by atoms with Gasteiger partial charge in [-0.2, -0.15) is 4.98 Å². The Balaban J connectivity index is 1.57. The van der Waals surface area contributed by atoms with Crippen molar-refractivity contribution < 1.29 is 28.3 Å². The number of ether oxygens (including phenoxy) is 4. The topological polar surface area (TPSA) is 92.9 Å². The molecule has 1 heterocycles. The summed E-state index contributed by atoms with van der Waals surface area (Å²) in [5.74, 6) is 1.75. The number of hydrogen-bond donors (Lipinski definition) is 0. The molecule has 0 bridgehead atoms. The van der Waals surface area contributed by atoms with Crippen LogP contribution in [0.1, 0.15) is 17.0 Å². The standard InChI is InChI=1S/C21H22N2O6/c1-13-7-14(2)9-16(8-13)27-12-20(24)28-11-19-22-21(23-29-19)17-6-5-15(25-3)10-18(17)26-4/h5-10H,11-12H2,1-4H3. The zero-order valence-electron chi connectivity index (χ0n) is 16.7. The molecule has 2 aromatic carbocycles. The first-order valence-corrected chi connectivity index (χ1v) is 8.90. The summed E-state index contributed by atoms with van der Waals surface area (Å²) in [4.78, 5) is 16.2. The fourth-order valence-electron chi connectivity index (χ4n) is 2.75. The molecule has 0 aliphatic heterocycles. The van der Waals surface area contributed by atoms with Crippen molar-refractivity contribution in [2.24, 2.45) is 0 Å². The van der Waals surface area contributed by atoms with E-state index in [4.69, 9.17) is 23.5 Å². The number of carbonyl (C=O) groups is 1. The Labute approximate surface area is 168 Å². The number of carbonyl (C=O) groups excluding carboxylic acids is 1. The molecule has 0 N–H and O–H groups in total. The molecule has 0 amide bonds. The molecule has 29 heavy (non-hydrogen) atoms. The first-order chi connectivity index (χ1) is 14.0. The van der Waals surface area contributed by atoms with Crippen LogP contribution in [0.5, 0.6) is 17.2 Å². The number of nitrogens with zero attached hydrogens (tertiary/aromatic N) is 2. The van der Waals surface area contributed by atoms with Crippen molar-refractivity contribution in [3.63, 3.8) is 0 Å². The summed E-state index contributed by atoms with van der Waals surface area (Å²) in [6.07, 6.45) is 0. The number of rotatable bonds is 8. The zero-order chi connectivity index (χ0) is 20.8. The molecule has 0 atom stereocenters. The van der Waals surface area contributed by atoms with Gasteiger partial charge >= 0.3 is 5.97 Å². The lowest BCUT2D eigenvalue weighted by molar-refractivity contribution is -0.148. The quantitative estimate of drug-likeness (QED) is 0.533. The molecule has 152 valence electrons. The van der Waals surface area contributed by atoms with Gasteiger partial charge in [0, 0.05) is 6.07 Å². The lowest BCUT2D eigenvalue weighted by Gasteiger charge is -2.07. The van der Waals surface area contributed by atoms with Crippen LogP contribution in [0, 0.1) is 13.8 Å². The van der Waals surface area contributed by atoms with E-state index in [0.29, 0.717) is 28.6 Å². The van der Waals surface area contributed by atoms with E-state index in [-0.39, 0.29) is 19.1 Å². The average Bonchev–Trinajstić information content (AvgIpc) is 3.18. The Morgan fingerprint density at radius 2 is 1.76 bits per heavy atom. The molecule has 0 saturated carbocycles. The minimum Gasteiger partial charge on any atom is -0.497 e. The minimum absolute atomic E-state index is 0.152. The summed E-state index contributed by atoms with van der Waals surface area (Å²) in [7, 11) is 3.11. The Kier molecular flexibility index (Phi) is 6.33. The van der Waals surface area contributed by atoms with Crippen molar-refractivity contribution in [1.82, 2.24) is 10.1 Å². The van der Waals surface area contributed by atoms with Crippen molar-refractivity contribution in [3.8, 4) is 28.6 Å². The summed E-state index contributed by atoms with van der Waals surface area (Å²) in [5, 5.41) is 3.91. The molecule has 0 radical (unpaired) electrons. The molecule has 0 unspecified atom stereocenters. The van der Waals surface area contributed by atoms with Gasteiger partial charge < -0.3 is 23.5 Å². The van der Waals surface area contributed by atoms with Gasteiger partial charge in [0.25, 0.3) is 5.89 Å². The maximum atomic E-state index is 11.9. The van der Waals surface area contributed by atoms with E-state index in [1.54, 1.807) is 25.3 Å². The van der Waals surface area contributed by atoms with E-state index in [0.717, 1.165) is 11.1 Å². The molecule has 0 aliphatic rings. The highest BCUT2D eigenvalue weighted by atomic mass is 16.6. The third kappa shape index (κ3) is 5.25. The highest BCUT2D eigenvalue weighted by Gasteiger charge is 2.15. The van der Waals surface area contributed by atoms with E-state index in [1.807, 2.05) is 32.0 Å². The van der Waals surface area contributed by atoms with Crippen molar-refractivity contribution in [2.75, 3.05) is 20.8 Å². The number of esters is 1. The van der Waals surface area contributed by atoms with Crippen LogP contribution in [0.4, 0.5) is 0 Å². The fraction of sp³-hybridized carbons (Fsp3) is 0.286. The van der Waals surface area contributed by atoms with Crippen LogP contribution in [-0.4, -0.2) is 36.9 Å². The Hall–Kier alpha value is -3.55. The summed E-state index contributed by atoms with van der Waals surface area (Å²) in [6, 6.07) is 11.0. The van der Waals surface area contributed by atoms with Gasteiger partial charge in [0.2, 0.25) is 5.82 Å². The van der Waals surface area contributed by atoms with E-state index in [9.17, 15) is 4.79 Å². The van der Waals surface area contributed by atoms with Crippen LogP contribution in [-0.2, 0) is 16.1 Å². The first kappa shape index (κ1) is 20.2. The smallest absolute Gasteiger partial charge is 0.344 e. The van der Waals surface area contributed by atoms with Crippen LogP contribution in [0.2, 0.25) is 0 Å². The Bertz CT molecular complexity index is 978. The number of aromatic nitrogens is 2. The van der Waals surface area contributed by atoms with Crippen LogP contribution in [0.15, 0.2) is 40.9 Å². The van der Waals surface area contributed by atoms with Gasteiger partial charge in [0.1, 0.15) is 17.2 Å². The molecule has 0 spiro atoms. The summed E-state index contributed by atoms with van der Waals surface area (Å²) < 4.78 is 26.3. The van der Waals surface area contributed by atoms with E-state index in [2.05, 4.69) is 10.1 Å². The van der Waals surface area contributed by atoms with Crippen molar-refractivity contribution in [3.05, 3.63) is 53.4 Å². The molecule has 3 rings (SSSR count). The van der Waals surface area contributed by atoms with E-state index in [1.165, 1.54) is 7.11 Å². The molecule has 1 aromatic heterocycles. The molecule has 0 saturated heterocycles. The summed E-state index contributed by atoms with van der Waals surface area (Å²) >= 11 is 0. The van der Waals surface area contributed by atoms with Crippen LogP contribution >= 0.6 is 0 Å². The molecular formula is C21H22N2O6. The molecule has 3 aromatic rings. The maximum Gasteiger partial charge on any atom is 0.344 e. The number of benzene rings is 2. The second-order valence-electron chi connectivity index (χ2n) is 6.35. The lowest BCUT2D eigenvalue weighted by atomic mass is 10.1. The molecule has 0 aliphatic carbocycles. The van der Waals surface area contributed by atoms with Crippen LogP contribution in [0.3, 0.4) is 0 Å². The van der Waals surface area contributed by atoms with Gasteiger partial charge in [0.15, 0.2) is 13.2 Å². The number of methoxy groups -OCH3 is 2. The minimum atomic E-state index is -0.536. The predicted octanol–water partition coefficient (Wildman–Crippen LogP) is 3.49. The second kappa shape index (κ2) is 9.09. The van der Waals surface area contributed by atoms with Gasteiger partial charge in [-0.15, -0.1) is 0 Å². The second-order valence-corrected chi connectivity index (χ2v) is 6.35. The highest BCUT2D eigenvalue weighted by Crippen LogP contribution is 2.31. The number of hydrogen-bond acceptors (Lipinski definition) is 8. The SMILES string of the molecule is COc1ccc(-c2noc(COC(=O)COc3cc(C)cc(C)c3)n2)c(OC)c1. The number of aryl methyl sites for hydroxylation is 2. The molecule has 8 heteroatoms. The molecular weight excluding hydrogens is 376 g/mol. The van der Waals surface area contributed by atoms with Crippen molar-refractivity contribution in [1.29, 1.82) is 0 Å². The Morgan fingerprint density at radius 3 is 2.45 bits per heavy atom. The van der Waals surface area contributed by atoms with Crippen LogP contribution < -0.4 is 14.2 Å². The predicted molar refractivity (Wildman–Crippen MR) is 104 cm³/mol. The normalized spacial score (nSPS) is 10.5. The zero-order valence-corrected chi connectivity index (χ0v) is 16.7. The van der Waals surface area contributed by atoms with Gasteiger partial charge in [-0.1, -0.05) is 11.2 Å². The first-order valence-electron chi connectivity index (χ1n) is 8.90. The monoisotopic (exact) mass is 398 g/mol. The fourth-order valence-corrected chi connectivity index (χ4v) is 2.75. The van der Waals surface area contributed by atoms with Gasteiger partial charge in [-0.3, -0.25) is 0 Å². The highest BCUT2D eigenvalue weighted by molar-refractivity contribution is 5.71. The third-order valence-electron chi connectivity index (χ3n) is 4.03. The summed E-state index contributed by atoms with van der Waals surface area (Å²) in [6.45, 7) is 3.56. The van der Waals surface area contributed by atoms with Crippen molar-refractivity contribution >= 4 is 5.97 Å². The maximum absolute atomic E-state index is 11.9. The largest absolute Gasteiger partial charge is 0.497 e. The third-order valence-corrected chi connectivity index (χ3v) is 4.03. The van der Waals surface area contributed by atoms with E-state index < -0.39 is 5.97 Å². The lowest BCUT2D eigenvalue weighted by Crippen LogP contribution is -2.15. The van der Waals surface area contributed by atoms with Gasteiger partial charge in [-0.05, 0) is 49.2 Å². The van der Waals surface area contributed by atoms with Gasteiger partial charge in [-0.25, -0.2) is 4.79 Å². The molecule has 8 nitrogen and oxygen atoms in total. The Morgan fingerprint density at radius 1 is 1.00 bits per heavy atom.